The minimum Gasteiger partial charge on any atom is -0.309 e. The minimum absolute atomic E-state index is 0.565. The number of hydrogen-bond acceptors (Lipinski definition) is 2. The molecule has 0 bridgehead atoms. The molecule has 0 amide bonds. The number of nitrogens with one attached hydrogen (secondary N) is 1. The molecular formula is C12H21NS. The van der Waals surface area contributed by atoms with E-state index in [0.29, 0.717) is 6.04 Å². The summed E-state index contributed by atoms with van der Waals surface area (Å²) in [6, 6.07) is 4.94. The van der Waals surface area contributed by atoms with Crippen LogP contribution < -0.4 is 5.32 Å². The highest BCUT2D eigenvalue weighted by Crippen LogP contribution is 2.24. The molecule has 0 aromatic carbocycles. The Balaban J connectivity index is 2.53. The first-order chi connectivity index (χ1) is 6.74. The molecule has 0 spiro atoms. The third kappa shape index (κ3) is 3.81. The van der Waals surface area contributed by atoms with Gasteiger partial charge in [-0.2, -0.15) is 0 Å². The van der Waals surface area contributed by atoms with Crippen LogP contribution >= 0.6 is 11.3 Å². The lowest BCUT2D eigenvalue weighted by atomic mass is 10.0. The largest absolute Gasteiger partial charge is 0.309 e. The fourth-order valence-electron chi connectivity index (χ4n) is 1.58. The van der Waals surface area contributed by atoms with Gasteiger partial charge in [0.25, 0.3) is 0 Å². The van der Waals surface area contributed by atoms with Crippen molar-refractivity contribution in [1.29, 1.82) is 0 Å². The SMILES string of the molecule is CCCNC(CC(C)C)c1cccs1. The van der Waals surface area contributed by atoms with Crippen molar-refractivity contribution in [3.8, 4) is 0 Å². The van der Waals surface area contributed by atoms with Crippen molar-refractivity contribution in [3.63, 3.8) is 0 Å². The highest BCUT2D eigenvalue weighted by molar-refractivity contribution is 7.10. The Bertz CT molecular complexity index is 228. The minimum atomic E-state index is 0.565. The van der Waals surface area contributed by atoms with Crippen molar-refractivity contribution >= 4 is 11.3 Å². The van der Waals surface area contributed by atoms with Crippen molar-refractivity contribution in [1.82, 2.24) is 5.32 Å². The second kappa shape index (κ2) is 6.20. The van der Waals surface area contributed by atoms with Crippen molar-refractivity contribution in [2.45, 2.75) is 39.7 Å². The maximum Gasteiger partial charge on any atom is 0.0417 e. The van der Waals surface area contributed by atoms with E-state index in [-0.39, 0.29) is 0 Å². The molecule has 1 heterocycles. The van der Waals surface area contributed by atoms with Gasteiger partial charge in [0, 0.05) is 10.9 Å². The van der Waals surface area contributed by atoms with Gasteiger partial charge in [0.2, 0.25) is 0 Å². The first-order valence-corrected chi connectivity index (χ1v) is 6.38. The van der Waals surface area contributed by atoms with E-state index >= 15 is 0 Å². The average molecular weight is 211 g/mol. The molecule has 1 nitrogen and oxygen atoms in total. The van der Waals surface area contributed by atoms with Crippen LogP contribution in [0.2, 0.25) is 0 Å². The predicted octanol–water partition coefficient (Wildman–Crippen LogP) is 3.83. The van der Waals surface area contributed by atoms with E-state index in [1.807, 2.05) is 11.3 Å². The summed E-state index contributed by atoms with van der Waals surface area (Å²) < 4.78 is 0. The highest BCUT2D eigenvalue weighted by Gasteiger charge is 2.12. The lowest BCUT2D eigenvalue weighted by Crippen LogP contribution is -2.22. The average Bonchev–Trinajstić information content (AvgIpc) is 2.64. The van der Waals surface area contributed by atoms with Crippen molar-refractivity contribution in [3.05, 3.63) is 22.4 Å². The van der Waals surface area contributed by atoms with Crippen LogP contribution in [0.3, 0.4) is 0 Å². The molecule has 1 aromatic heterocycles. The molecule has 0 radical (unpaired) electrons. The predicted molar refractivity (Wildman–Crippen MR) is 64.8 cm³/mol. The summed E-state index contributed by atoms with van der Waals surface area (Å²) >= 11 is 1.86. The Kier molecular flexibility index (Phi) is 5.20. The lowest BCUT2D eigenvalue weighted by molar-refractivity contribution is 0.435. The molecule has 1 rings (SSSR count). The molecule has 0 saturated carbocycles. The van der Waals surface area contributed by atoms with Gasteiger partial charge in [-0.1, -0.05) is 26.8 Å². The normalized spacial score (nSPS) is 13.4. The molecule has 1 N–H and O–H groups in total. The maximum atomic E-state index is 3.61. The van der Waals surface area contributed by atoms with Gasteiger partial charge in [-0.15, -0.1) is 11.3 Å². The fraction of sp³-hybridized carbons (Fsp3) is 0.667. The van der Waals surface area contributed by atoms with Gasteiger partial charge in [-0.05, 0) is 36.8 Å². The van der Waals surface area contributed by atoms with Crippen LogP contribution in [0, 0.1) is 5.92 Å². The van der Waals surface area contributed by atoms with Crippen LogP contribution in [-0.2, 0) is 0 Å². The molecular weight excluding hydrogens is 190 g/mol. The fourth-order valence-corrected chi connectivity index (χ4v) is 2.39. The Labute approximate surface area is 91.5 Å². The summed E-state index contributed by atoms with van der Waals surface area (Å²) in [5.74, 6) is 0.756. The van der Waals surface area contributed by atoms with Gasteiger partial charge < -0.3 is 5.32 Å². The summed E-state index contributed by atoms with van der Waals surface area (Å²) in [6.45, 7) is 7.91. The molecule has 1 aromatic rings. The molecule has 80 valence electrons. The Morgan fingerprint density at radius 2 is 2.21 bits per heavy atom. The van der Waals surface area contributed by atoms with Gasteiger partial charge in [-0.3, -0.25) is 0 Å². The smallest absolute Gasteiger partial charge is 0.0417 e. The van der Waals surface area contributed by atoms with Crippen LogP contribution in [0.4, 0.5) is 0 Å². The first-order valence-electron chi connectivity index (χ1n) is 5.50. The molecule has 14 heavy (non-hydrogen) atoms. The van der Waals surface area contributed by atoms with E-state index in [9.17, 15) is 0 Å². The van der Waals surface area contributed by atoms with Gasteiger partial charge in [-0.25, -0.2) is 0 Å². The maximum absolute atomic E-state index is 3.61. The zero-order valence-electron chi connectivity index (χ0n) is 9.42. The molecule has 1 atom stereocenters. The van der Waals surface area contributed by atoms with E-state index in [1.165, 1.54) is 17.7 Å². The first kappa shape index (κ1) is 11.7. The topological polar surface area (TPSA) is 12.0 Å². The van der Waals surface area contributed by atoms with Crippen LogP contribution in [0.15, 0.2) is 17.5 Å². The second-order valence-electron chi connectivity index (χ2n) is 4.15. The highest BCUT2D eigenvalue weighted by atomic mass is 32.1. The van der Waals surface area contributed by atoms with E-state index in [2.05, 4.69) is 43.6 Å². The van der Waals surface area contributed by atoms with E-state index < -0.39 is 0 Å². The number of rotatable bonds is 6. The van der Waals surface area contributed by atoms with E-state index in [0.717, 1.165) is 12.5 Å². The molecule has 0 aliphatic carbocycles. The van der Waals surface area contributed by atoms with E-state index in [4.69, 9.17) is 0 Å². The van der Waals surface area contributed by atoms with Gasteiger partial charge in [0.05, 0.1) is 0 Å². The van der Waals surface area contributed by atoms with Crippen LogP contribution in [0.5, 0.6) is 0 Å². The monoisotopic (exact) mass is 211 g/mol. The summed E-state index contributed by atoms with van der Waals surface area (Å²) in [5, 5.41) is 5.78. The van der Waals surface area contributed by atoms with Crippen molar-refractivity contribution in [2.24, 2.45) is 5.92 Å². The number of thiophene rings is 1. The molecule has 0 aliphatic heterocycles. The zero-order valence-corrected chi connectivity index (χ0v) is 10.2. The van der Waals surface area contributed by atoms with Crippen LogP contribution in [0.1, 0.15) is 44.5 Å². The van der Waals surface area contributed by atoms with Crippen LogP contribution in [-0.4, -0.2) is 6.54 Å². The van der Waals surface area contributed by atoms with Crippen molar-refractivity contribution < 1.29 is 0 Å². The Morgan fingerprint density at radius 3 is 2.71 bits per heavy atom. The van der Waals surface area contributed by atoms with Crippen molar-refractivity contribution in [2.75, 3.05) is 6.54 Å². The second-order valence-corrected chi connectivity index (χ2v) is 5.13. The van der Waals surface area contributed by atoms with Gasteiger partial charge in [0.15, 0.2) is 0 Å². The molecule has 0 fully saturated rings. The molecule has 0 saturated heterocycles. The quantitative estimate of drug-likeness (QED) is 0.754. The van der Waals surface area contributed by atoms with Gasteiger partial charge >= 0.3 is 0 Å². The third-order valence-electron chi connectivity index (χ3n) is 2.23. The summed E-state index contributed by atoms with van der Waals surface area (Å²) in [6.07, 6.45) is 2.44. The lowest BCUT2D eigenvalue weighted by Gasteiger charge is -2.19. The number of hydrogen-bond donors (Lipinski definition) is 1. The molecule has 2 heteroatoms. The summed E-state index contributed by atoms with van der Waals surface area (Å²) in [5.41, 5.74) is 0. The van der Waals surface area contributed by atoms with Crippen LogP contribution in [0.25, 0.3) is 0 Å². The Morgan fingerprint density at radius 1 is 1.43 bits per heavy atom. The Hall–Kier alpha value is -0.340. The third-order valence-corrected chi connectivity index (χ3v) is 3.22. The zero-order chi connectivity index (χ0) is 10.4. The summed E-state index contributed by atoms with van der Waals surface area (Å²) in [4.78, 5) is 1.48. The van der Waals surface area contributed by atoms with Gasteiger partial charge in [0.1, 0.15) is 0 Å². The van der Waals surface area contributed by atoms with E-state index in [1.54, 1.807) is 0 Å². The standard InChI is InChI=1S/C12H21NS/c1-4-7-13-11(9-10(2)3)12-6-5-8-14-12/h5-6,8,10-11,13H,4,7,9H2,1-3H3. The molecule has 1 unspecified atom stereocenters. The summed E-state index contributed by atoms with van der Waals surface area (Å²) in [7, 11) is 0. The molecule has 0 aliphatic rings.